The first kappa shape index (κ1) is 24.1. The van der Waals surface area contributed by atoms with Gasteiger partial charge in [0.15, 0.2) is 5.78 Å². The highest BCUT2D eigenvalue weighted by Gasteiger charge is 2.30. The lowest BCUT2D eigenvalue weighted by Gasteiger charge is -2.12. The van der Waals surface area contributed by atoms with E-state index < -0.39 is 27.7 Å². The van der Waals surface area contributed by atoms with E-state index in [1.807, 2.05) is 0 Å². The number of carbonyl (C=O) groups is 2. The zero-order valence-corrected chi connectivity index (χ0v) is 18.6. The Morgan fingerprint density at radius 3 is 2.21 bits per heavy atom. The van der Waals surface area contributed by atoms with Crippen molar-refractivity contribution in [1.82, 2.24) is 4.98 Å². The van der Waals surface area contributed by atoms with Crippen LogP contribution in [-0.4, -0.2) is 25.1 Å². The number of sulfonamides is 1. The minimum Gasteiger partial charge on any atom is -0.354 e. The molecule has 0 aliphatic carbocycles. The van der Waals surface area contributed by atoms with Gasteiger partial charge in [-0.25, -0.2) is 8.42 Å². The van der Waals surface area contributed by atoms with Crippen LogP contribution in [0.4, 0.5) is 24.5 Å². The fourth-order valence-corrected chi connectivity index (χ4v) is 4.51. The highest BCUT2D eigenvalue weighted by atomic mass is 32.2. The van der Waals surface area contributed by atoms with Crippen molar-refractivity contribution in [3.8, 4) is 0 Å². The van der Waals surface area contributed by atoms with Gasteiger partial charge in [-0.05, 0) is 62.7 Å². The number of ketones is 1. The van der Waals surface area contributed by atoms with Gasteiger partial charge in [0, 0.05) is 22.6 Å². The molecule has 0 atom stereocenters. The molecule has 0 radical (unpaired) electrons. The number of Topliss-reactive ketones (excluding diaryl/α,β-unsaturated/α-hetero) is 1. The molecule has 0 unspecified atom stereocenters. The smallest absolute Gasteiger partial charge is 0.354 e. The number of H-pyrrole nitrogens is 1. The van der Waals surface area contributed by atoms with Gasteiger partial charge in [-0.1, -0.05) is 12.1 Å². The topological polar surface area (TPSA) is 108 Å². The van der Waals surface area contributed by atoms with Crippen LogP contribution in [0.1, 0.15) is 44.6 Å². The summed E-state index contributed by atoms with van der Waals surface area (Å²) < 4.78 is 66.2. The number of halogens is 3. The van der Waals surface area contributed by atoms with Gasteiger partial charge < -0.3 is 10.3 Å². The summed E-state index contributed by atoms with van der Waals surface area (Å²) >= 11 is 0. The van der Waals surface area contributed by atoms with E-state index in [4.69, 9.17) is 0 Å². The Hall–Kier alpha value is -3.60. The summed E-state index contributed by atoms with van der Waals surface area (Å²) in [7, 11) is -4.24. The lowest BCUT2D eigenvalue weighted by Crippen LogP contribution is -2.16. The lowest BCUT2D eigenvalue weighted by atomic mass is 10.1. The molecule has 3 rings (SSSR count). The van der Waals surface area contributed by atoms with E-state index in [0.717, 1.165) is 12.1 Å². The number of nitrogens with one attached hydrogen (secondary N) is 3. The predicted octanol–water partition coefficient (Wildman–Crippen LogP) is 4.91. The van der Waals surface area contributed by atoms with Crippen molar-refractivity contribution in [3.63, 3.8) is 0 Å². The van der Waals surface area contributed by atoms with E-state index in [-0.39, 0.29) is 27.7 Å². The SMILES string of the molecule is CC(=O)c1c(C)[nH]c(C(=O)Nc2cccc(S(=O)(=O)Nc3cccc(C(F)(F)F)c3)c2)c1C. The number of aromatic nitrogens is 1. The van der Waals surface area contributed by atoms with E-state index in [0.29, 0.717) is 22.9 Å². The Kier molecular flexibility index (Phi) is 6.37. The minimum absolute atomic E-state index is 0.142. The van der Waals surface area contributed by atoms with Crippen LogP contribution >= 0.6 is 0 Å². The number of hydrogen-bond acceptors (Lipinski definition) is 4. The molecular weight excluding hydrogens is 459 g/mol. The molecule has 0 saturated carbocycles. The Bertz CT molecular complexity index is 1350. The van der Waals surface area contributed by atoms with Gasteiger partial charge in [-0.3, -0.25) is 14.3 Å². The average Bonchev–Trinajstić information content (AvgIpc) is 3.01. The normalized spacial score (nSPS) is 11.8. The summed E-state index contributed by atoms with van der Waals surface area (Å²) in [5, 5.41) is 2.56. The summed E-state index contributed by atoms with van der Waals surface area (Å²) in [5.74, 6) is -0.780. The van der Waals surface area contributed by atoms with Gasteiger partial charge in [-0.15, -0.1) is 0 Å². The van der Waals surface area contributed by atoms with Crippen molar-refractivity contribution in [3.05, 3.63) is 76.6 Å². The molecule has 0 bridgehead atoms. The van der Waals surface area contributed by atoms with Gasteiger partial charge in [0.05, 0.1) is 10.5 Å². The third-order valence-electron chi connectivity index (χ3n) is 4.86. The van der Waals surface area contributed by atoms with Gasteiger partial charge in [0.1, 0.15) is 5.69 Å². The summed E-state index contributed by atoms with van der Waals surface area (Å²) in [4.78, 5) is 27.0. The summed E-state index contributed by atoms with van der Waals surface area (Å²) in [6.45, 7) is 4.67. The highest BCUT2D eigenvalue weighted by Crippen LogP contribution is 2.31. The Labute approximate surface area is 188 Å². The molecular formula is C22H20F3N3O4S. The van der Waals surface area contributed by atoms with Crippen molar-refractivity contribution in [2.45, 2.75) is 31.8 Å². The molecule has 1 heterocycles. The first-order valence-electron chi connectivity index (χ1n) is 9.61. The predicted molar refractivity (Wildman–Crippen MR) is 117 cm³/mol. The second-order valence-corrected chi connectivity index (χ2v) is 9.03. The molecule has 0 aliphatic heterocycles. The molecule has 0 spiro atoms. The molecule has 3 aromatic rings. The fourth-order valence-electron chi connectivity index (χ4n) is 3.41. The third-order valence-corrected chi connectivity index (χ3v) is 6.24. The van der Waals surface area contributed by atoms with Crippen LogP contribution in [0.3, 0.4) is 0 Å². The second-order valence-electron chi connectivity index (χ2n) is 7.35. The van der Waals surface area contributed by atoms with Crippen LogP contribution in [0.2, 0.25) is 0 Å². The summed E-state index contributed by atoms with van der Waals surface area (Å²) in [5.41, 5.74) is 0.454. The fraction of sp³-hybridized carbons (Fsp3) is 0.182. The van der Waals surface area contributed by atoms with Crippen LogP contribution in [0.5, 0.6) is 0 Å². The zero-order chi connectivity index (χ0) is 24.6. The molecule has 0 aliphatic rings. The van der Waals surface area contributed by atoms with E-state index in [2.05, 4.69) is 15.0 Å². The number of benzene rings is 2. The van der Waals surface area contributed by atoms with Gasteiger partial charge in [0.25, 0.3) is 15.9 Å². The largest absolute Gasteiger partial charge is 0.416 e. The van der Waals surface area contributed by atoms with Crippen LogP contribution < -0.4 is 10.0 Å². The standard InChI is InChI=1S/C22H20F3N3O4S/c1-12-19(14(3)29)13(2)26-20(12)21(30)27-16-7-5-9-18(11-16)33(31,32)28-17-8-4-6-15(10-17)22(23,24)25/h4-11,26,28H,1-3H3,(H,27,30). The molecule has 11 heteroatoms. The second kappa shape index (κ2) is 8.74. The van der Waals surface area contributed by atoms with Crippen molar-refractivity contribution in [2.75, 3.05) is 10.0 Å². The molecule has 174 valence electrons. The third kappa shape index (κ3) is 5.25. The maximum Gasteiger partial charge on any atom is 0.416 e. The summed E-state index contributed by atoms with van der Waals surface area (Å²) in [6.07, 6.45) is -4.62. The minimum atomic E-state index is -4.62. The molecule has 1 aromatic heterocycles. The Morgan fingerprint density at radius 2 is 1.61 bits per heavy atom. The molecule has 33 heavy (non-hydrogen) atoms. The number of hydrogen-bond donors (Lipinski definition) is 3. The first-order chi connectivity index (χ1) is 15.3. The van der Waals surface area contributed by atoms with Crippen LogP contribution in [0.15, 0.2) is 53.4 Å². The number of alkyl halides is 3. The molecule has 7 nitrogen and oxygen atoms in total. The molecule has 3 N–H and O–H groups in total. The number of carbonyl (C=O) groups excluding carboxylic acids is 2. The van der Waals surface area contributed by atoms with E-state index in [1.54, 1.807) is 13.8 Å². The average molecular weight is 479 g/mol. The zero-order valence-electron chi connectivity index (χ0n) is 17.8. The van der Waals surface area contributed by atoms with E-state index in [1.165, 1.54) is 37.3 Å². The Balaban J connectivity index is 1.84. The van der Waals surface area contributed by atoms with E-state index in [9.17, 15) is 31.2 Å². The van der Waals surface area contributed by atoms with Crippen molar-refractivity contribution >= 4 is 33.1 Å². The van der Waals surface area contributed by atoms with Crippen LogP contribution in [0.25, 0.3) is 0 Å². The molecule has 0 saturated heterocycles. The van der Waals surface area contributed by atoms with Gasteiger partial charge >= 0.3 is 6.18 Å². The van der Waals surface area contributed by atoms with E-state index >= 15 is 0 Å². The maximum atomic E-state index is 12.9. The molecule has 1 amide bonds. The number of aromatic amines is 1. The van der Waals surface area contributed by atoms with Gasteiger partial charge in [0.2, 0.25) is 0 Å². The maximum absolute atomic E-state index is 12.9. The van der Waals surface area contributed by atoms with Crippen LogP contribution in [0, 0.1) is 13.8 Å². The van der Waals surface area contributed by atoms with Gasteiger partial charge in [-0.2, -0.15) is 13.2 Å². The molecule has 0 fully saturated rings. The number of rotatable bonds is 6. The van der Waals surface area contributed by atoms with Crippen LogP contribution in [-0.2, 0) is 16.2 Å². The Morgan fingerprint density at radius 1 is 0.970 bits per heavy atom. The monoisotopic (exact) mass is 479 g/mol. The first-order valence-corrected chi connectivity index (χ1v) is 11.1. The quantitative estimate of drug-likeness (QED) is 0.437. The number of amides is 1. The number of anilines is 2. The van der Waals surface area contributed by atoms with Crippen molar-refractivity contribution < 1.29 is 31.2 Å². The lowest BCUT2D eigenvalue weighted by molar-refractivity contribution is -0.137. The molecule has 2 aromatic carbocycles. The van der Waals surface area contributed by atoms with Crippen molar-refractivity contribution in [2.24, 2.45) is 0 Å². The van der Waals surface area contributed by atoms with Crippen molar-refractivity contribution in [1.29, 1.82) is 0 Å². The highest BCUT2D eigenvalue weighted by molar-refractivity contribution is 7.92. The number of aryl methyl sites for hydroxylation is 1. The summed E-state index contributed by atoms with van der Waals surface area (Å²) in [6, 6.07) is 9.05.